The summed E-state index contributed by atoms with van der Waals surface area (Å²) in [7, 11) is 0. The van der Waals surface area contributed by atoms with E-state index in [-0.39, 0.29) is 33.7 Å². The van der Waals surface area contributed by atoms with Gasteiger partial charge >= 0.3 is 0 Å². The van der Waals surface area contributed by atoms with Gasteiger partial charge in [0.15, 0.2) is 5.69 Å². The second-order valence-electron chi connectivity index (χ2n) is 6.47. The fourth-order valence-corrected chi connectivity index (χ4v) is 3.83. The Morgan fingerprint density at radius 1 is 1.43 bits per heavy atom. The van der Waals surface area contributed by atoms with Gasteiger partial charge in [-0.1, -0.05) is 39.3 Å². The largest absolute Gasteiger partial charge is 0.487 e. The van der Waals surface area contributed by atoms with Crippen LogP contribution >= 0.6 is 11.6 Å². The summed E-state index contributed by atoms with van der Waals surface area (Å²) in [5, 5.41) is 12.0. The van der Waals surface area contributed by atoms with E-state index in [2.05, 4.69) is 10.3 Å². The van der Waals surface area contributed by atoms with E-state index in [1.54, 1.807) is 6.07 Å². The van der Waals surface area contributed by atoms with Crippen LogP contribution in [0.1, 0.15) is 33.4 Å². The lowest BCUT2D eigenvalue weighted by Crippen LogP contribution is -2.73. The molecular formula is C15H18ClN3O2. The van der Waals surface area contributed by atoms with E-state index >= 15 is 0 Å². The summed E-state index contributed by atoms with van der Waals surface area (Å²) in [6.07, 6.45) is 2.12. The number of nitrogens with zero attached hydrogens (tertiary/aromatic N) is 2. The van der Waals surface area contributed by atoms with Crippen LogP contribution < -0.4 is 10.1 Å². The number of nitriles is 1. The van der Waals surface area contributed by atoms with Gasteiger partial charge in [-0.2, -0.15) is 5.26 Å². The first-order chi connectivity index (χ1) is 9.75. The molecule has 1 saturated carbocycles. The van der Waals surface area contributed by atoms with Gasteiger partial charge in [0.25, 0.3) is 0 Å². The lowest BCUT2D eigenvalue weighted by molar-refractivity contribution is -0.170. The maximum absolute atomic E-state index is 10.8. The van der Waals surface area contributed by atoms with Crippen LogP contribution in [-0.4, -0.2) is 23.5 Å². The summed E-state index contributed by atoms with van der Waals surface area (Å²) in [5.74, 6) is 0.523. The van der Waals surface area contributed by atoms with Gasteiger partial charge in [-0.3, -0.25) is 4.79 Å². The highest BCUT2D eigenvalue weighted by molar-refractivity contribution is 6.31. The Morgan fingerprint density at radius 2 is 2.05 bits per heavy atom. The number of pyridine rings is 1. The molecule has 1 amide bonds. The van der Waals surface area contributed by atoms with E-state index in [0.717, 1.165) is 6.41 Å². The van der Waals surface area contributed by atoms with E-state index < -0.39 is 0 Å². The molecule has 0 spiro atoms. The van der Waals surface area contributed by atoms with E-state index in [4.69, 9.17) is 21.6 Å². The number of ether oxygens (including phenoxy) is 1. The summed E-state index contributed by atoms with van der Waals surface area (Å²) in [6.45, 7) is 8.18. The average molecular weight is 308 g/mol. The summed E-state index contributed by atoms with van der Waals surface area (Å²) in [5.41, 5.74) is -0.257. The van der Waals surface area contributed by atoms with Gasteiger partial charge in [-0.15, -0.1) is 0 Å². The first kappa shape index (κ1) is 15.6. The van der Waals surface area contributed by atoms with Crippen molar-refractivity contribution in [1.82, 2.24) is 10.3 Å². The predicted molar refractivity (Wildman–Crippen MR) is 78.9 cm³/mol. The van der Waals surface area contributed by atoms with E-state index in [0.29, 0.717) is 5.75 Å². The van der Waals surface area contributed by atoms with Crippen LogP contribution in [0.3, 0.4) is 0 Å². The molecule has 1 aliphatic carbocycles. The molecule has 0 unspecified atom stereocenters. The Labute approximate surface area is 129 Å². The van der Waals surface area contributed by atoms with Crippen molar-refractivity contribution in [3.63, 3.8) is 0 Å². The molecule has 0 bridgehead atoms. The number of hydrogen-bond acceptors (Lipinski definition) is 4. The van der Waals surface area contributed by atoms with Crippen LogP contribution in [0.25, 0.3) is 0 Å². The number of aromatic nitrogens is 1. The van der Waals surface area contributed by atoms with Crippen LogP contribution in [0.4, 0.5) is 0 Å². The lowest BCUT2D eigenvalue weighted by atomic mass is 9.49. The molecule has 0 atom stereocenters. The van der Waals surface area contributed by atoms with Gasteiger partial charge in [0.1, 0.15) is 17.9 Å². The molecule has 1 aromatic heterocycles. The molecule has 1 heterocycles. The zero-order chi connectivity index (χ0) is 15.8. The van der Waals surface area contributed by atoms with Crippen LogP contribution in [0, 0.1) is 22.2 Å². The predicted octanol–water partition coefficient (Wildman–Crippen LogP) is 2.53. The highest BCUT2D eigenvalue weighted by atomic mass is 35.5. The molecule has 112 valence electrons. The molecule has 6 heteroatoms. The molecular weight excluding hydrogens is 290 g/mol. The third-order valence-corrected chi connectivity index (χ3v) is 4.54. The minimum Gasteiger partial charge on any atom is -0.487 e. The van der Waals surface area contributed by atoms with Gasteiger partial charge in [0.2, 0.25) is 6.41 Å². The molecule has 2 rings (SSSR count). The van der Waals surface area contributed by atoms with Crippen molar-refractivity contribution >= 4 is 18.0 Å². The second-order valence-corrected chi connectivity index (χ2v) is 6.88. The van der Waals surface area contributed by atoms with Crippen molar-refractivity contribution in [1.29, 1.82) is 5.26 Å². The third kappa shape index (κ3) is 2.44. The van der Waals surface area contributed by atoms with E-state index in [9.17, 15) is 4.79 Å². The fourth-order valence-electron chi connectivity index (χ4n) is 3.63. The highest BCUT2D eigenvalue weighted by Crippen LogP contribution is 2.55. The van der Waals surface area contributed by atoms with Gasteiger partial charge < -0.3 is 10.1 Å². The van der Waals surface area contributed by atoms with Crippen molar-refractivity contribution in [3.05, 3.63) is 23.0 Å². The van der Waals surface area contributed by atoms with Gasteiger partial charge in [0, 0.05) is 22.9 Å². The van der Waals surface area contributed by atoms with Crippen molar-refractivity contribution in [3.8, 4) is 11.8 Å². The molecule has 5 nitrogen and oxygen atoms in total. The molecule has 1 N–H and O–H groups in total. The van der Waals surface area contributed by atoms with Gasteiger partial charge in [0.05, 0.1) is 11.2 Å². The zero-order valence-electron chi connectivity index (χ0n) is 12.5. The van der Waals surface area contributed by atoms with Crippen LogP contribution in [0.15, 0.2) is 12.3 Å². The topological polar surface area (TPSA) is 75.0 Å². The number of nitrogens with one attached hydrogen (secondary N) is 1. The minimum atomic E-state index is -0.217. The molecule has 0 aliphatic heterocycles. The Kier molecular flexibility index (Phi) is 3.85. The number of carbonyl (C=O) groups excluding carboxylic acids is 1. The van der Waals surface area contributed by atoms with Crippen molar-refractivity contribution in [2.45, 2.75) is 39.8 Å². The fraction of sp³-hybridized carbons (Fsp3) is 0.533. The van der Waals surface area contributed by atoms with E-state index in [1.165, 1.54) is 6.20 Å². The van der Waals surface area contributed by atoms with Crippen molar-refractivity contribution in [2.24, 2.45) is 10.8 Å². The molecule has 0 aromatic carbocycles. The van der Waals surface area contributed by atoms with E-state index in [1.807, 2.05) is 33.8 Å². The number of amides is 1. The normalized spacial score (nSPS) is 25.3. The first-order valence-electron chi connectivity index (χ1n) is 6.67. The number of rotatable bonds is 4. The number of hydrogen-bond donors (Lipinski definition) is 1. The Hall–Kier alpha value is -1.80. The van der Waals surface area contributed by atoms with Crippen molar-refractivity contribution in [2.75, 3.05) is 0 Å². The summed E-state index contributed by atoms with van der Waals surface area (Å²) < 4.78 is 6.03. The maximum Gasteiger partial charge on any atom is 0.207 e. The summed E-state index contributed by atoms with van der Waals surface area (Å²) >= 11 is 5.97. The first-order valence-corrected chi connectivity index (χ1v) is 7.05. The number of carbonyl (C=O) groups is 1. The minimum absolute atomic E-state index is 0.0225. The highest BCUT2D eigenvalue weighted by Gasteiger charge is 2.63. The Balaban J connectivity index is 2.22. The van der Waals surface area contributed by atoms with Gasteiger partial charge in [-0.05, 0) is 0 Å². The molecule has 1 aliphatic rings. The third-order valence-electron chi connectivity index (χ3n) is 4.25. The molecule has 0 radical (unpaired) electrons. The molecule has 1 aromatic rings. The Bertz CT molecular complexity index is 591. The Morgan fingerprint density at radius 3 is 2.52 bits per heavy atom. The SMILES string of the molecule is CC1(C)C(NC=O)C(C)(C)C1Oc1cnc(C#N)c(Cl)c1. The van der Waals surface area contributed by atoms with Crippen LogP contribution in [-0.2, 0) is 4.79 Å². The van der Waals surface area contributed by atoms with Gasteiger partial charge in [-0.25, -0.2) is 4.98 Å². The monoisotopic (exact) mass is 307 g/mol. The van der Waals surface area contributed by atoms with Crippen LogP contribution in [0.5, 0.6) is 5.75 Å². The molecule has 1 fully saturated rings. The van der Waals surface area contributed by atoms with Crippen molar-refractivity contribution < 1.29 is 9.53 Å². The molecule has 21 heavy (non-hydrogen) atoms. The standard InChI is InChI=1S/C15H18ClN3O2/c1-14(2)12(19-8-20)15(3,4)13(14)21-9-5-10(16)11(6-17)18-7-9/h5,7-8,12-13H,1-4H3,(H,19,20). The van der Waals surface area contributed by atoms with Crippen LogP contribution in [0.2, 0.25) is 5.02 Å². The quantitative estimate of drug-likeness (QED) is 0.867. The molecule has 0 saturated heterocycles. The second kappa shape index (κ2) is 5.19. The lowest BCUT2D eigenvalue weighted by Gasteiger charge is -2.62. The maximum atomic E-state index is 10.8. The smallest absolute Gasteiger partial charge is 0.207 e. The zero-order valence-corrected chi connectivity index (χ0v) is 13.2. The average Bonchev–Trinajstić information content (AvgIpc) is 2.41. The summed E-state index contributed by atoms with van der Waals surface area (Å²) in [4.78, 5) is 14.7. The number of halogens is 1. The summed E-state index contributed by atoms with van der Waals surface area (Å²) in [6, 6.07) is 3.53.